The molecule has 106 valence electrons. The number of benzene rings is 1. The number of halogens is 1. The second kappa shape index (κ2) is 5.16. The van der Waals surface area contributed by atoms with Gasteiger partial charge in [0.25, 0.3) is 0 Å². The van der Waals surface area contributed by atoms with E-state index in [1.807, 2.05) is 25.1 Å². The van der Waals surface area contributed by atoms with E-state index in [0.29, 0.717) is 36.4 Å². The van der Waals surface area contributed by atoms with Crippen molar-refractivity contribution in [2.45, 2.75) is 25.5 Å². The Morgan fingerprint density at radius 3 is 2.85 bits per heavy atom. The van der Waals surface area contributed by atoms with Crippen molar-refractivity contribution in [3.05, 3.63) is 35.2 Å². The van der Waals surface area contributed by atoms with Crippen molar-refractivity contribution in [1.29, 1.82) is 0 Å². The first-order valence-electron chi connectivity index (χ1n) is 6.62. The molecule has 1 aliphatic heterocycles. The highest BCUT2D eigenvalue weighted by atomic mass is 35.5. The van der Waals surface area contributed by atoms with Crippen LogP contribution in [0.25, 0.3) is 11.4 Å². The second-order valence-electron chi connectivity index (χ2n) is 5.21. The van der Waals surface area contributed by atoms with Gasteiger partial charge in [-0.2, -0.15) is 4.98 Å². The first-order valence-corrected chi connectivity index (χ1v) is 7.00. The van der Waals surface area contributed by atoms with Crippen LogP contribution in [-0.2, 0) is 6.54 Å². The topological polar surface area (TPSA) is 62.4 Å². The van der Waals surface area contributed by atoms with Gasteiger partial charge < -0.3 is 9.63 Å². The average molecular weight is 294 g/mol. The Hall–Kier alpha value is -1.43. The molecule has 0 amide bonds. The molecule has 20 heavy (non-hydrogen) atoms. The van der Waals surface area contributed by atoms with Crippen LogP contribution in [0.5, 0.6) is 0 Å². The van der Waals surface area contributed by atoms with Gasteiger partial charge in [-0.1, -0.05) is 35.8 Å². The quantitative estimate of drug-likeness (QED) is 0.937. The van der Waals surface area contributed by atoms with Gasteiger partial charge in [0.1, 0.15) is 0 Å². The van der Waals surface area contributed by atoms with E-state index in [1.54, 1.807) is 6.07 Å². The molecule has 5 nitrogen and oxygen atoms in total. The van der Waals surface area contributed by atoms with E-state index < -0.39 is 5.60 Å². The van der Waals surface area contributed by atoms with Crippen LogP contribution in [0.2, 0.25) is 5.02 Å². The standard InChI is InChI=1S/C14H16ClN3O2/c1-2-14(19)8-18(9-14)7-12-16-13(17-20-12)10-5-3-4-6-11(10)15/h3-6,19H,2,7-9H2,1H3. The first kappa shape index (κ1) is 13.5. The van der Waals surface area contributed by atoms with Crippen LogP contribution >= 0.6 is 11.6 Å². The number of rotatable bonds is 4. The molecule has 1 fully saturated rings. The van der Waals surface area contributed by atoms with Gasteiger partial charge in [0.2, 0.25) is 11.7 Å². The molecule has 1 N–H and O–H groups in total. The van der Waals surface area contributed by atoms with E-state index in [1.165, 1.54) is 0 Å². The Bertz CT molecular complexity index is 608. The van der Waals surface area contributed by atoms with Crippen LogP contribution in [0.3, 0.4) is 0 Å². The third-order valence-corrected chi connectivity index (χ3v) is 3.97. The van der Waals surface area contributed by atoms with E-state index in [4.69, 9.17) is 16.1 Å². The minimum Gasteiger partial charge on any atom is -0.387 e. The summed E-state index contributed by atoms with van der Waals surface area (Å²) >= 11 is 6.10. The predicted octanol–water partition coefficient (Wildman–Crippen LogP) is 2.35. The maximum atomic E-state index is 9.96. The summed E-state index contributed by atoms with van der Waals surface area (Å²) in [6.07, 6.45) is 0.762. The molecule has 2 heterocycles. The van der Waals surface area contributed by atoms with Crippen molar-refractivity contribution in [2.24, 2.45) is 0 Å². The van der Waals surface area contributed by atoms with E-state index in [-0.39, 0.29) is 0 Å². The number of aliphatic hydroxyl groups is 1. The van der Waals surface area contributed by atoms with E-state index in [2.05, 4.69) is 15.0 Å². The van der Waals surface area contributed by atoms with Gasteiger partial charge in [-0.25, -0.2) is 0 Å². The fourth-order valence-electron chi connectivity index (χ4n) is 2.38. The SMILES string of the molecule is CCC1(O)CN(Cc2nc(-c3ccccc3Cl)no2)C1. The summed E-state index contributed by atoms with van der Waals surface area (Å²) in [6.45, 7) is 3.83. The zero-order valence-electron chi connectivity index (χ0n) is 11.2. The van der Waals surface area contributed by atoms with Crippen LogP contribution < -0.4 is 0 Å². The summed E-state index contributed by atoms with van der Waals surface area (Å²) in [6, 6.07) is 7.40. The third kappa shape index (κ3) is 2.57. The molecule has 0 radical (unpaired) electrons. The van der Waals surface area contributed by atoms with Crippen LogP contribution in [0.1, 0.15) is 19.2 Å². The van der Waals surface area contributed by atoms with Gasteiger partial charge in [-0.05, 0) is 18.6 Å². The summed E-state index contributed by atoms with van der Waals surface area (Å²) in [7, 11) is 0. The molecule has 0 atom stereocenters. The number of hydrogen-bond donors (Lipinski definition) is 1. The summed E-state index contributed by atoms with van der Waals surface area (Å²) in [4.78, 5) is 6.43. The van der Waals surface area contributed by atoms with Crippen LogP contribution in [0, 0.1) is 0 Å². The van der Waals surface area contributed by atoms with Crippen LogP contribution in [0.15, 0.2) is 28.8 Å². The largest absolute Gasteiger partial charge is 0.387 e. The lowest BCUT2D eigenvalue weighted by molar-refractivity contribution is -0.106. The van der Waals surface area contributed by atoms with Gasteiger partial charge >= 0.3 is 0 Å². The molecular weight excluding hydrogens is 278 g/mol. The van der Waals surface area contributed by atoms with Crippen molar-refractivity contribution in [3.8, 4) is 11.4 Å². The number of nitrogens with zero attached hydrogens (tertiary/aromatic N) is 3. The fourth-order valence-corrected chi connectivity index (χ4v) is 2.60. The van der Waals surface area contributed by atoms with E-state index in [9.17, 15) is 5.11 Å². The maximum Gasteiger partial charge on any atom is 0.241 e. The van der Waals surface area contributed by atoms with Crippen LogP contribution in [0.4, 0.5) is 0 Å². The molecule has 1 aromatic heterocycles. The predicted molar refractivity (Wildman–Crippen MR) is 75.3 cm³/mol. The lowest BCUT2D eigenvalue weighted by Crippen LogP contribution is -2.60. The third-order valence-electron chi connectivity index (χ3n) is 3.64. The maximum absolute atomic E-state index is 9.96. The number of β-amino-alcohol motifs (C(OH)–C–C–N with tert-alkyl or cyclic N) is 1. The monoisotopic (exact) mass is 293 g/mol. The minimum atomic E-state index is -0.550. The molecule has 6 heteroatoms. The Morgan fingerprint density at radius 1 is 1.40 bits per heavy atom. The van der Waals surface area contributed by atoms with Crippen molar-refractivity contribution < 1.29 is 9.63 Å². The zero-order valence-corrected chi connectivity index (χ0v) is 12.0. The lowest BCUT2D eigenvalue weighted by Gasteiger charge is -2.45. The van der Waals surface area contributed by atoms with Gasteiger partial charge in [-0.3, -0.25) is 4.90 Å². The fraction of sp³-hybridized carbons (Fsp3) is 0.429. The highest BCUT2D eigenvalue weighted by molar-refractivity contribution is 6.33. The average Bonchev–Trinajstić information content (AvgIpc) is 2.85. The summed E-state index contributed by atoms with van der Waals surface area (Å²) in [5, 5.41) is 14.5. The van der Waals surface area contributed by atoms with Gasteiger partial charge in [0.05, 0.1) is 17.2 Å². The second-order valence-corrected chi connectivity index (χ2v) is 5.62. The van der Waals surface area contributed by atoms with E-state index in [0.717, 1.165) is 12.0 Å². The molecule has 0 unspecified atom stereocenters. The van der Waals surface area contributed by atoms with Crippen molar-refractivity contribution in [2.75, 3.05) is 13.1 Å². The van der Waals surface area contributed by atoms with Crippen molar-refractivity contribution in [1.82, 2.24) is 15.0 Å². The molecular formula is C14H16ClN3O2. The Kier molecular flexibility index (Phi) is 3.50. The highest BCUT2D eigenvalue weighted by Crippen LogP contribution is 2.27. The normalized spacial score (nSPS) is 17.9. The number of hydrogen-bond acceptors (Lipinski definition) is 5. The van der Waals surface area contributed by atoms with Gasteiger partial charge in [0.15, 0.2) is 0 Å². The van der Waals surface area contributed by atoms with Gasteiger partial charge in [0, 0.05) is 18.7 Å². The minimum absolute atomic E-state index is 0.497. The zero-order chi connectivity index (χ0) is 14.2. The highest BCUT2D eigenvalue weighted by Gasteiger charge is 2.39. The number of aromatic nitrogens is 2. The van der Waals surface area contributed by atoms with Crippen molar-refractivity contribution in [3.63, 3.8) is 0 Å². The molecule has 3 rings (SSSR count). The molecule has 1 aliphatic rings. The summed E-state index contributed by atoms with van der Waals surface area (Å²) in [5.74, 6) is 1.04. The van der Waals surface area contributed by atoms with Crippen LogP contribution in [-0.4, -0.2) is 38.8 Å². The molecule has 0 bridgehead atoms. The molecule has 1 saturated heterocycles. The van der Waals surface area contributed by atoms with E-state index >= 15 is 0 Å². The molecule has 0 aliphatic carbocycles. The molecule has 0 spiro atoms. The Labute approximate surface area is 122 Å². The Balaban J connectivity index is 1.68. The first-order chi connectivity index (χ1) is 9.59. The lowest BCUT2D eigenvalue weighted by atomic mass is 9.91. The smallest absolute Gasteiger partial charge is 0.241 e. The molecule has 2 aromatic rings. The number of likely N-dealkylation sites (tertiary alicyclic amines) is 1. The summed E-state index contributed by atoms with van der Waals surface area (Å²) < 4.78 is 5.24. The summed E-state index contributed by atoms with van der Waals surface area (Å²) in [5.41, 5.74) is 0.212. The molecule has 0 saturated carbocycles. The molecule has 1 aromatic carbocycles. The van der Waals surface area contributed by atoms with Gasteiger partial charge in [-0.15, -0.1) is 0 Å². The Morgan fingerprint density at radius 2 is 2.15 bits per heavy atom. The van der Waals surface area contributed by atoms with Crippen molar-refractivity contribution >= 4 is 11.6 Å².